The smallest absolute Gasteiger partial charge is 0.410 e. The van der Waals surface area contributed by atoms with Gasteiger partial charge in [-0.1, -0.05) is 0 Å². The summed E-state index contributed by atoms with van der Waals surface area (Å²) >= 11 is 0. The van der Waals surface area contributed by atoms with Crippen molar-refractivity contribution in [1.82, 2.24) is 15.1 Å². The molecule has 3 aliphatic rings. The fourth-order valence-corrected chi connectivity index (χ4v) is 4.08. The number of nitrogens with zero attached hydrogens (tertiary/aromatic N) is 2. The molecule has 0 aromatic carbocycles. The van der Waals surface area contributed by atoms with Gasteiger partial charge in [-0.25, -0.2) is 4.79 Å². The summed E-state index contributed by atoms with van der Waals surface area (Å²) < 4.78 is 5.48. The second-order valence-corrected chi connectivity index (χ2v) is 7.69. The average molecular weight is 295 g/mol. The fraction of sp³-hybridized carbons (Fsp3) is 0.938. The highest BCUT2D eigenvalue weighted by Gasteiger charge is 2.41. The van der Waals surface area contributed by atoms with E-state index in [2.05, 4.69) is 10.2 Å². The third-order valence-corrected chi connectivity index (χ3v) is 4.97. The number of likely N-dealkylation sites (tertiary alicyclic amines) is 1. The van der Waals surface area contributed by atoms with Gasteiger partial charge in [-0.05, 0) is 46.5 Å². The minimum absolute atomic E-state index is 0.149. The van der Waals surface area contributed by atoms with Crippen LogP contribution in [0.1, 0.15) is 46.5 Å². The first-order valence-corrected chi connectivity index (χ1v) is 8.40. The number of carbonyl (C=O) groups excluding carboxylic acids is 1. The predicted molar refractivity (Wildman–Crippen MR) is 82.3 cm³/mol. The number of fused-ring (bicyclic) bond motifs is 2. The van der Waals surface area contributed by atoms with Crippen LogP contribution in [0.25, 0.3) is 0 Å². The Bertz CT molecular complexity index is 369. The number of nitrogens with one attached hydrogen (secondary N) is 1. The summed E-state index contributed by atoms with van der Waals surface area (Å²) in [5, 5.41) is 3.54. The molecule has 2 bridgehead atoms. The van der Waals surface area contributed by atoms with E-state index in [0.29, 0.717) is 6.04 Å². The van der Waals surface area contributed by atoms with Crippen LogP contribution in [0.5, 0.6) is 0 Å². The molecule has 0 spiro atoms. The van der Waals surface area contributed by atoms with Gasteiger partial charge in [0, 0.05) is 44.3 Å². The van der Waals surface area contributed by atoms with Crippen molar-refractivity contribution in [3.63, 3.8) is 0 Å². The summed E-state index contributed by atoms with van der Waals surface area (Å²) in [6.45, 7) is 9.74. The molecule has 21 heavy (non-hydrogen) atoms. The van der Waals surface area contributed by atoms with Crippen LogP contribution in [-0.4, -0.2) is 65.8 Å². The molecule has 3 aliphatic heterocycles. The molecule has 2 atom stereocenters. The molecule has 5 nitrogen and oxygen atoms in total. The maximum absolute atomic E-state index is 12.1. The van der Waals surface area contributed by atoms with Gasteiger partial charge in [0.05, 0.1) is 0 Å². The van der Waals surface area contributed by atoms with Crippen LogP contribution in [0.15, 0.2) is 0 Å². The second-order valence-electron chi connectivity index (χ2n) is 7.69. The summed E-state index contributed by atoms with van der Waals surface area (Å²) in [5.41, 5.74) is -0.397. The number of amides is 1. The van der Waals surface area contributed by atoms with E-state index in [-0.39, 0.29) is 6.09 Å². The molecule has 3 rings (SSSR count). The lowest BCUT2D eigenvalue weighted by molar-refractivity contribution is 0.00736. The van der Waals surface area contributed by atoms with Crippen LogP contribution in [0.2, 0.25) is 0 Å². The van der Waals surface area contributed by atoms with Crippen molar-refractivity contribution in [2.24, 2.45) is 0 Å². The molecular weight excluding hydrogens is 266 g/mol. The lowest BCUT2D eigenvalue weighted by atomic mass is 10.00. The zero-order valence-corrected chi connectivity index (χ0v) is 13.6. The highest BCUT2D eigenvalue weighted by molar-refractivity contribution is 5.68. The molecule has 5 heteroatoms. The summed E-state index contributed by atoms with van der Waals surface area (Å²) in [6, 6.07) is 2.10. The first kappa shape index (κ1) is 15.1. The van der Waals surface area contributed by atoms with Crippen molar-refractivity contribution in [2.45, 2.75) is 70.2 Å². The van der Waals surface area contributed by atoms with E-state index in [1.165, 1.54) is 12.8 Å². The molecule has 3 saturated heterocycles. The van der Waals surface area contributed by atoms with Gasteiger partial charge in [-0.2, -0.15) is 0 Å². The number of carbonyl (C=O) groups is 1. The summed E-state index contributed by atoms with van der Waals surface area (Å²) in [7, 11) is 0. The second kappa shape index (κ2) is 5.76. The van der Waals surface area contributed by atoms with Crippen LogP contribution < -0.4 is 5.32 Å². The lowest BCUT2D eigenvalue weighted by Gasteiger charge is -2.44. The number of ether oxygens (including phenoxy) is 1. The zero-order chi connectivity index (χ0) is 15.0. The Labute approximate surface area is 128 Å². The Morgan fingerprint density at radius 3 is 2.10 bits per heavy atom. The number of piperazine rings is 1. The number of hydrogen-bond donors (Lipinski definition) is 1. The summed E-state index contributed by atoms with van der Waals surface area (Å²) in [6.07, 6.45) is 4.70. The van der Waals surface area contributed by atoms with E-state index in [1.54, 1.807) is 0 Å². The number of piperidine rings is 1. The van der Waals surface area contributed by atoms with Gasteiger partial charge >= 0.3 is 6.09 Å². The number of hydrogen-bond acceptors (Lipinski definition) is 4. The molecule has 0 radical (unpaired) electrons. The van der Waals surface area contributed by atoms with E-state index in [1.807, 2.05) is 25.7 Å². The van der Waals surface area contributed by atoms with E-state index < -0.39 is 5.60 Å². The van der Waals surface area contributed by atoms with Gasteiger partial charge in [-0.15, -0.1) is 0 Å². The van der Waals surface area contributed by atoms with Crippen molar-refractivity contribution in [3.05, 3.63) is 0 Å². The molecule has 3 fully saturated rings. The van der Waals surface area contributed by atoms with Crippen molar-refractivity contribution in [3.8, 4) is 0 Å². The predicted octanol–water partition coefficient (Wildman–Crippen LogP) is 1.82. The van der Waals surface area contributed by atoms with E-state index in [4.69, 9.17) is 4.74 Å². The topological polar surface area (TPSA) is 44.8 Å². The first-order valence-electron chi connectivity index (χ1n) is 8.40. The van der Waals surface area contributed by atoms with Gasteiger partial charge in [0.25, 0.3) is 0 Å². The zero-order valence-electron chi connectivity index (χ0n) is 13.6. The fourth-order valence-electron chi connectivity index (χ4n) is 4.08. The number of rotatable bonds is 1. The minimum Gasteiger partial charge on any atom is -0.444 e. The van der Waals surface area contributed by atoms with Gasteiger partial charge in [0.1, 0.15) is 5.60 Å². The van der Waals surface area contributed by atoms with E-state index >= 15 is 0 Å². The molecule has 1 amide bonds. The SMILES string of the molecule is CC(C)(C)OC(=O)N1CCC(N2[C@H]3CC[C@H]2CNC3)CC1. The van der Waals surface area contributed by atoms with E-state index in [0.717, 1.165) is 51.1 Å². The van der Waals surface area contributed by atoms with Crippen LogP contribution in [0.3, 0.4) is 0 Å². The van der Waals surface area contributed by atoms with Crippen LogP contribution in [0.4, 0.5) is 4.79 Å². The normalized spacial score (nSPS) is 31.5. The molecule has 0 aromatic heterocycles. The van der Waals surface area contributed by atoms with Crippen molar-refractivity contribution < 1.29 is 9.53 Å². The standard InChI is InChI=1S/C16H29N3O2/c1-16(2,3)21-15(20)18-8-6-12(7-9-18)19-13-4-5-14(19)11-17-10-13/h12-14,17H,4-11H2,1-3H3/t13-,14-/m0/s1. The third kappa shape index (κ3) is 3.34. The molecule has 3 heterocycles. The summed E-state index contributed by atoms with van der Waals surface area (Å²) in [5.74, 6) is 0. The van der Waals surface area contributed by atoms with Gasteiger partial charge in [0.15, 0.2) is 0 Å². The largest absolute Gasteiger partial charge is 0.444 e. The van der Waals surface area contributed by atoms with Gasteiger partial charge in [0.2, 0.25) is 0 Å². The molecule has 0 saturated carbocycles. The highest BCUT2D eigenvalue weighted by Crippen LogP contribution is 2.32. The van der Waals surface area contributed by atoms with Crippen molar-refractivity contribution in [2.75, 3.05) is 26.2 Å². The molecular formula is C16H29N3O2. The molecule has 120 valence electrons. The maximum Gasteiger partial charge on any atom is 0.410 e. The first-order chi connectivity index (χ1) is 9.94. The molecule has 0 unspecified atom stereocenters. The van der Waals surface area contributed by atoms with Gasteiger partial charge in [-0.3, -0.25) is 4.90 Å². The van der Waals surface area contributed by atoms with Crippen LogP contribution in [-0.2, 0) is 4.74 Å². The van der Waals surface area contributed by atoms with Crippen molar-refractivity contribution >= 4 is 6.09 Å². The minimum atomic E-state index is -0.397. The van der Waals surface area contributed by atoms with Gasteiger partial charge < -0.3 is 15.0 Å². The van der Waals surface area contributed by atoms with E-state index in [9.17, 15) is 4.79 Å². The Kier molecular flexibility index (Phi) is 4.14. The summed E-state index contributed by atoms with van der Waals surface area (Å²) in [4.78, 5) is 16.8. The van der Waals surface area contributed by atoms with Crippen LogP contribution in [0, 0.1) is 0 Å². The van der Waals surface area contributed by atoms with Crippen LogP contribution >= 0.6 is 0 Å². The Morgan fingerprint density at radius 2 is 1.57 bits per heavy atom. The quantitative estimate of drug-likeness (QED) is 0.801. The maximum atomic E-state index is 12.1. The monoisotopic (exact) mass is 295 g/mol. The lowest BCUT2D eigenvalue weighted by Crippen LogP contribution is -2.58. The Balaban J connectivity index is 1.52. The Morgan fingerprint density at radius 1 is 1.00 bits per heavy atom. The molecule has 1 N–H and O–H groups in total. The highest BCUT2D eigenvalue weighted by atomic mass is 16.6. The Hall–Kier alpha value is -0.810. The third-order valence-electron chi connectivity index (χ3n) is 4.97. The van der Waals surface area contributed by atoms with Crippen molar-refractivity contribution in [1.29, 1.82) is 0 Å². The average Bonchev–Trinajstić information content (AvgIpc) is 2.66. The molecule has 0 aliphatic carbocycles. The molecule has 0 aromatic rings.